The maximum Gasteiger partial charge on any atom is 2.00 e. The van der Waals surface area contributed by atoms with Crippen molar-refractivity contribution in [2.75, 3.05) is 0 Å². The minimum absolute atomic E-state index is 0. The predicted molar refractivity (Wildman–Crippen MR) is 14.5 cm³/mol. The minimum atomic E-state index is 0. The molecule has 0 heterocycles. The summed E-state index contributed by atoms with van der Waals surface area (Å²) in [5, 5.41) is 0. The minimum Gasteiger partial charge on any atom is -1.00 e. The van der Waals surface area contributed by atoms with Crippen LogP contribution in [0.25, 0.3) is 0 Å². The van der Waals surface area contributed by atoms with Gasteiger partial charge in [-0.25, -0.2) is 0 Å². The second-order valence-corrected chi connectivity index (χ2v) is 0. The van der Waals surface area contributed by atoms with Gasteiger partial charge < -0.3 is 46.7 Å². The van der Waals surface area contributed by atoms with Gasteiger partial charge in [-0.3, -0.25) is 0 Å². The van der Waals surface area contributed by atoms with Crippen LogP contribution in [0, 0.1) is 0 Å². The Bertz CT molecular complexity index is 9.65. The topological polar surface area (TPSA) is 126 Å². The second kappa shape index (κ2) is 277. The van der Waals surface area contributed by atoms with Gasteiger partial charge in [0.05, 0.1) is 0 Å². The van der Waals surface area contributed by atoms with Gasteiger partial charge in [-0.15, -0.1) is 0 Å². The predicted octanol–water partition coefficient (Wildman–Crippen LogP) is -9.29. The van der Waals surface area contributed by atoms with Gasteiger partial charge in [-0.1, -0.05) is 0 Å². The Hall–Kier alpha value is 0.939. The summed E-state index contributed by atoms with van der Waals surface area (Å²) >= 11 is 0. The first-order valence-corrected chi connectivity index (χ1v) is 0. The van der Waals surface area contributed by atoms with Crippen LogP contribution in [0.1, 0.15) is 0 Å². The van der Waals surface area contributed by atoms with Crippen LogP contribution in [0.15, 0.2) is 0 Å². The van der Waals surface area contributed by atoms with Crippen molar-refractivity contribution in [2.45, 2.75) is 0 Å². The molecule has 0 aromatic carbocycles. The zero-order valence-electron chi connectivity index (χ0n) is 3.13. The average Bonchev–Trinajstić information content (AvgIpc) is 0. The molecule has 0 aliphatic rings. The van der Waals surface area contributed by atoms with E-state index in [-0.39, 0.29) is 63.8 Å². The smallest absolute Gasteiger partial charge is 1.00 e. The van der Waals surface area contributed by atoms with E-state index in [2.05, 4.69) is 0 Å². The van der Waals surface area contributed by atoms with Crippen molar-refractivity contribution in [3.8, 4) is 0 Å². The summed E-state index contributed by atoms with van der Waals surface area (Å²) in [6, 6.07) is 0. The van der Waals surface area contributed by atoms with Crippen LogP contribution in [0.4, 0.5) is 0 Å². The molecule has 0 aromatic heterocycles. The number of halogens is 2. The fourth-order valence-electron chi connectivity index (χ4n) is 0. The molecule has 0 rings (SSSR count). The Labute approximate surface area is 64.2 Å². The van der Waals surface area contributed by atoms with Crippen LogP contribution >= 0.6 is 0 Å². The molecule has 0 amide bonds. The monoisotopic (exact) mass is 197 g/mol. The summed E-state index contributed by atoms with van der Waals surface area (Å²) in [6.07, 6.45) is 0. The van der Waals surface area contributed by atoms with E-state index in [0.29, 0.717) is 0 Å². The first kappa shape index (κ1) is 433. The van der Waals surface area contributed by atoms with Gasteiger partial charge in [-0.2, -0.15) is 0 Å². The molecule has 0 spiro atoms. The Balaban J connectivity index is 0. The molecule has 0 atom stereocenters. The van der Waals surface area contributed by atoms with E-state index in [1.54, 1.807) is 0 Å². The molecular weight excluding hydrogens is 190 g/mol. The molecule has 0 fully saturated rings. The molecule has 0 aliphatic heterocycles. The van der Waals surface area contributed by atoms with Crippen molar-refractivity contribution in [3.63, 3.8) is 0 Å². The standard InChI is InChI=1S/2ClH.Mn.4H2O/h2*1H;;4*1H2/q;;+2;;;;/p-2. The van der Waals surface area contributed by atoms with Crippen LogP contribution in [-0.2, 0) is 17.1 Å². The fraction of sp³-hybridized carbons (Fsp3) is 0. The van der Waals surface area contributed by atoms with E-state index in [9.17, 15) is 0 Å². The van der Waals surface area contributed by atoms with Crippen molar-refractivity contribution >= 4 is 0 Å². The zero-order chi connectivity index (χ0) is 0. The number of rotatable bonds is 0. The molecule has 0 aliphatic carbocycles. The van der Waals surface area contributed by atoms with Gasteiger partial charge in [0.2, 0.25) is 0 Å². The van der Waals surface area contributed by atoms with Gasteiger partial charge in [0.25, 0.3) is 0 Å². The molecule has 53 valence electrons. The molecule has 7 heteroatoms. The van der Waals surface area contributed by atoms with E-state index in [4.69, 9.17) is 0 Å². The van der Waals surface area contributed by atoms with Gasteiger partial charge in [0, 0.05) is 0 Å². The Morgan fingerprint density at radius 1 is 0.429 bits per heavy atom. The van der Waals surface area contributed by atoms with Crippen molar-refractivity contribution in [1.29, 1.82) is 0 Å². The van der Waals surface area contributed by atoms with E-state index in [1.807, 2.05) is 0 Å². The van der Waals surface area contributed by atoms with Crippen LogP contribution in [-0.4, -0.2) is 21.9 Å². The maximum atomic E-state index is 0. The third kappa shape index (κ3) is 192. The van der Waals surface area contributed by atoms with E-state index < -0.39 is 0 Å². The van der Waals surface area contributed by atoms with Crippen molar-refractivity contribution in [1.82, 2.24) is 0 Å². The Kier molecular flexibility index (Phi) is 17200. The Morgan fingerprint density at radius 3 is 0.429 bits per heavy atom. The van der Waals surface area contributed by atoms with E-state index >= 15 is 0 Å². The van der Waals surface area contributed by atoms with Crippen molar-refractivity contribution in [3.05, 3.63) is 0 Å². The molecule has 0 aromatic rings. The van der Waals surface area contributed by atoms with Crippen LogP contribution < -0.4 is 24.8 Å². The Morgan fingerprint density at radius 2 is 0.429 bits per heavy atom. The third-order valence-electron chi connectivity index (χ3n) is 0. The summed E-state index contributed by atoms with van der Waals surface area (Å²) in [5.41, 5.74) is 0. The number of hydrogen-bond donors (Lipinski definition) is 0. The van der Waals surface area contributed by atoms with Gasteiger partial charge >= 0.3 is 17.1 Å². The second-order valence-electron chi connectivity index (χ2n) is 0. The van der Waals surface area contributed by atoms with Crippen molar-refractivity contribution in [2.24, 2.45) is 0 Å². The fourth-order valence-corrected chi connectivity index (χ4v) is 0. The molecule has 4 nitrogen and oxygen atoms in total. The van der Waals surface area contributed by atoms with Crippen molar-refractivity contribution < 1.29 is 63.8 Å². The molecule has 7 heavy (non-hydrogen) atoms. The first-order valence-electron chi connectivity index (χ1n) is 0. The maximum absolute atomic E-state index is 0. The van der Waals surface area contributed by atoms with Crippen LogP contribution in [0.2, 0.25) is 0 Å². The van der Waals surface area contributed by atoms with Gasteiger partial charge in [-0.05, 0) is 0 Å². The molecule has 0 bridgehead atoms. The van der Waals surface area contributed by atoms with Gasteiger partial charge in [0.1, 0.15) is 0 Å². The zero-order valence-corrected chi connectivity index (χ0v) is 5.83. The summed E-state index contributed by atoms with van der Waals surface area (Å²) in [6.45, 7) is 0. The quantitative estimate of drug-likeness (QED) is 0.342. The summed E-state index contributed by atoms with van der Waals surface area (Å²) in [4.78, 5) is 0. The van der Waals surface area contributed by atoms with E-state index in [0.717, 1.165) is 0 Å². The first-order chi connectivity index (χ1) is 0. The summed E-state index contributed by atoms with van der Waals surface area (Å²) in [7, 11) is 0. The normalized spacial score (nSPS) is 0. The molecule has 0 saturated carbocycles. The molecular formula is H8Cl2MnO4. The summed E-state index contributed by atoms with van der Waals surface area (Å²) < 4.78 is 0. The summed E-state index contributed by atoms with van der Waals surface area (Å²) in [5.74, 6) is 0. The molecule has 8 N–H and O–H groups in total. The SMILES string of the molecule is O.O.O.O.[Cl-].[Cl-].[Mn+2]. The average molecular weight is 198 g/mol. The largest absolute Gasteiger partial charge is 2.00 e. The van der Waals surface area contributed by atoms with Gasteiger partial charge in [0.15, 0.2) is 0 Å². The third-order valence-corrected chi connectivity index (χ3v) is 0. The molecule has 0 unspecified atom stereocenters. The molecule has 1 radical (unpaired) electrons. The van der Waals surface area contributed by atoms with E-state index in [1.165, 1.54) is 0 Å². The molecule has 0 saturated heterocycles. The van der Waals surface area contributed by atoms with Crippen LogP contribution in [0.3, 0.4) is 0 Å². The van der Waals surface area contributed by atoms with Crippen LogP contribution in [0.5, 0.6) is 0 Å². The number of hydrogen-bond acceptors (Lipinski definition) is 0.